The smallest absolute Gasteiger partial charge is 0.257 e. The fourth-order valence-corrected chi connectivity index (χ4v) is 4.61. The van der Waals surface area contributed by atoms with Gasteiger partial charge in [0.2, 0.25) is 11.8 Å². The van der Waals surface area contributed by atoms with E-state index in [-0.39, 0.29) is 18.4 Å². The summed E-state index contributed by atoms with van der Waals surface area (Å²) in [5, 5.41) is 11.6. The molecule has 3 atom stereocenters. The number of pyridine rings is 1. The van der Waals surface area contributed by atoms with Crippen LogP contribution < -0.4 is 10.1 Å². The lowest BCUT2D eigenvalue weighted by Crippen LogP contribution is -2.38. The second kappa shape index (κ2) is 11.1. The maximum Gasteiger partial charge on any atom is 0.257 e. The second-order valence-electron chi connectivity index (χ2n) is 9.26. The maximum absolute atomic E-state index is 12.4. The van der Waals surface area contributed by atoms with E-state index in [0.717, 1.165) is 12.0 Å². The quantitative estimate of drug-likeness (QED) is 0.465. The Morgan fingerprint density at radius 1 is 1.15 bits per heavy atom. The molecule has 34 heavy (non-hydrogen) atoms. The van der Waals surface area contributed by atoms with Crippen molar-refractivity contribution in [2.45, 2.75) is 33.6 Å². The largest absolute Gasteiger partial charge is 0.484 e. The van der Waals surface area contributed by atoms with Crippen molar-refractivity contribution < 1.29 is 13.9 Å². The number of carbonyl (C=O) groups is 1. The molecule has 4 rings (SSSR count). The van der Waals surface area contributed by atoms with E-state index in [2.05, 4.69) is 47.3 Å². The van der Waals surface area contributed by atoms with E-state index in [1.165, 1.54) is 5.57 Å². The number of allylic oxidation sites excluding steroid dienone is 1. The van der Waals surface area contributed by atoms with E-state index in [1.54, 1.807) is 12.4 Å². The standard InChI is InChI=1S/C27H32N4O3/c1-18(2)24-14-21(15-26-30-31-27(34-26)20-9-11-28-12-10-20)19(3)13-22(24)16-29-25(32)17-33-23-7-5-4-6-8-23/h4-13,18,21-22,24H,14-17H2,1-3H3,(H,29,32)/t21-,22-,24-/m0/s1. The average Bonchev–Trinajstić information content (AvgIpc) is 3.32. The van der Waals surface area contributed by atoms with Crippen LogP contribution in [0.15, 0.2) is 70.9 Å². The number of nitrogens with one attached hydrogen (secondary N) is 1. The van der Waals surface area contributed by atoms with E-state index in [0.29, 0.717) is 48.3 Å². The summed E-state index contributed by atoms with van der Waals surface area (Å²) >= 11 is 0. The SMILES string of the molecule is CC1=C[C@@H](CNC(=O)COc2ccccc2)[C@H](C(C)C)C[C@H]1Cc1nnc(-c2ccncc2)o1. The Hall–Kier alpha value is -3.48. The molecular formula is C27H32N4O3. The van der Waals surface area contributed by atoms with Gasteiger partial charge in [0.25, 0.3) is 5.91 Å². The summed E-state index contributed by atoms with van der Waals surface area (Å²) in [5.41, 5.74) is 2.18. The first kappa shape index (κ1) is 23.7. The van der Waals surface area contributed by atoms with Gasteiger partial charge in [0.05, 0.1) is 0 Å². The zero-order valence-electron chi connectivity index (χ0n) is 20.0. The number of hydrogen-bond acceptors (Lipinski definition) is 6. The van der Waals surface area contributed by atoms with E-state index < -0.39 is 0 Å². The van der Waals surface area contributed by atoms with Crippen LogP contribution in [0.25, 0.3) is 11.5 Å². The van der Waals surface area contributed by atoms with E-state index in [9.17, 15) is 4.79 Å². The van der Waals surface area contributed by atoms with Gasteiger partial charge < -0.3 is 14.5 Å². The highest BCUT2D eigenvalue weighted by atomic mass is 16.5. The minimum absolute atomic E-state index is 0.0192. The lowest BCUT2D eigenvalue weighted by atomic mass is 9.70. The van der Waals surface area contributed by atoms with Crippen molar-refractivity contribution in [2.75, 3.05) is 13.2 Å². The van der Waals surface area contributed by atoms with E-state index in [4.69, 9.17) is 9.15 Å². The van der Waals surface area contributed by atoms with Gasteiger partial charge in [-0.1, -0.05) is 43.7 Å². The summed E-state index contributed by atoms with van der Waals surface area (Å²) in [6.45, 7) is 7.28. The van der Waals surface area contributed by atoms with Gasteiger partial charge in [0.1, 0.15) is 5.75 Å². The third-order valence-electron chi connectivity index (χ3n) is 6.55. The molecule has 0 radical (unpaired) electrons. The summed E-state index contributed by atoms with van der Waals surface area (Å²) in [5.74, 6) is 3.33. The van der Waals surface area contributed by atoms with Crippen LogP contribution in [0, 0.1) is 23.7 Å². The Morgan fingerprint density at radius 2 is 1.91 bits per heavy atom. The Morgan fingerprint density at radius 3 is 2.65 bits per heavy atom. The molecule has 0 unspecified atom stereocenters. The molecule has 3 aromatic rings. The molecular weight excluding hydrogens is 428 g/mol. The van der Waals surface area contributed by atoms with Crippen LogP contribution in [-0.4, -0.2) is 34.2 Å². The second-order valence-corrected chi connectivity index (χ2v) is 9.26. The molecule has 7 nitrogen and oxygen atoms in total. The van der Waals surface area contributed by atoms with Gasteiger partial charge in [0.15, 0.2) is 6.61 Å². The molecule has 1 aliphatic rings. The lowest BCUT2D eigenvalue weighted by Gasteiger charge is -2.37. The molecule has 0 bridgehead atoms. The molecule has 0 spiro atoms. The molecule has 0 saturated carbocycles. The van der Waals surface area contributed by atoms with Crippen molar-refractivity contribution >= 4 is 5.91 Å². The van der Waals surface area contributed by atoms with Crippen molar-refractivity contribution in [1.29, 1.82) is 0 Å². The molecule has 0 aliphatic heterocycles. The van der Waals surface area contributed by atoms with Gasteiger partial charge in [0, 0.05) is 30.9 Å². The Labute approximate surface area is 200 Å². The highest BCUT2D eigenvalue weighted by Gasteiger charge is 2.32. The molecule has 1 aromatic carbocycles. The fourth-order valence-electron chi connectivity index (χ4n) is 4.61. The third kappa shape index (κ3) is 6.10. The molecule has 1 aliphatic carbocycles. The summed E-state index contributed by atoms with van der Waals surface area (Å²) in [4.78, 5) is 16.4. The van der Waals surface area contributed by atoms with Crippen molar-refractivity contribution in [3.05, 3.63) is 72.4 Å². The zero-order chi connectivity index (χ0) is 23.9. The summed E-state index contributed by atoms with van der Waals surface area (Å²) in [7, 11) is 0. The molecule has 7 heteroatoms. The van der Waals surface area contributed by atoms with Crippen molar-refractivity contribution in [3.8, 4) is 17.2 Å². The highest BCUT2D eigenvalue weighted by molar-refractivity contribution is 5.77. The van der Waals surface area contributed by atoms with Gasteiger partial charge >= 0.3 is 0 Å². The number of carbonyl (C=O) groups excluding carboxylic acids is 1. The number of rotatable bonds is 9. The molecule has 178 valence electrons. The van der Waals surface area contributed by atoms with Crippen molar-refractivity contribution in [2.24, 2.45) is 23.7 Å². The number of ether oxygens (including phenoxy) is 1. The third-order valence-corrected chi connectivity index (χ3v) is 6.55. The number of benzene rings is 1. The van der Waals surface area contributed by atoms with Crippen molar-refractivity contribution in [1.82, 2.24) is 20.5 Å². The molecule has 0 fully saturated rings. The average molecular weight is 461 g/mol. The first-order valence-electron chi connectivity index (χ1n) is 11.8. The van der Waals surface area contributed by atoms with Crippen LogP contribution in [0.5, 0.6) is 5.75 Å². The summed E-state index contributed by atoms with van der Waals surface area (Å²) < 4.78 is 11.5. The van der Waals surface area contributed by atoms with E-state index in [1.807, 2.05) is 42.5 Å². The minimum Gasteiger partial charge on any atom is -0.484 e. The maximum atomic E-state index is 12.4. The monoisotopic (exact) mass is 460 g/mol. The van der Waals surface area contributed by atoms with Crippen LogP contribution in [0.3, 0.4) is 0 Å². The van der Waals surface area contributed by atoms with Crippen LogP contribution in [-0.2, 0) is 11.2 Å². The normalized spacial score (nSPS) is 20.1. The summed E-state index contributed by atoms with van der Waals surface area (Å²) in [6.07, 6.45) is 7.49. The van der Waals surface area contributed by atoms with Crippen LogP contribution in [0.1, 0.15) is 33.1 Å². The molecule has 1 N–H and O–H groups in total. The number of para-hydroxylation sites is 1. The number of aromatic nitrogens is 3. The number of amides is 1. The van der Waals surface area contributed by atoms with Crippen LogP contribution >= 0.6 is 0 Å². The molecule has 1 amide bonds. The van der Waals surface area contributed by atoms with E-state index >= 15 is 0 Å². The van der Waals surface area contributed by atoms with Gasteiger partial charge in [-0.2, -0.15) is 0 Å². The Kier molecular flexibility index (Phi) is 7.72. The van der Waals surface area contributed by atoms with Crippen molar-refractivity contribution in [3.63, 3.8) is 0 Å². The molecule has 2 heterocycles. The fraction of sp³-hybridized carbons (Fsp3) is 0.407. The predicted molar refractivity (Wildman–Crippen MR) is 130 cm³/mol. The Balaban J connectivity index is 1.35. The minimum atomic E-state index is -0.103. The molecule has 2 aromatic heterocycles. The first-order valence-corrected chi connectivity index (χ1v) is 11.8. The van der Waals surface area contributed by atoms with Gasteiger partial charge in [-0.25, -0.2) is 0 Å². The highest BCUT2D eigenvalue weighted by Crippen LogP contribution is 2.38. The van der Waals surface area contributed by atoms with Crippen LogP contribution in [0.2, 0.25) is 0 Å². The number of nitrogens with zero attached hydrogens (tertiary/aromatic N) is 3. The topological polar surface area (TPSA) is 90.1 Å². The lowest BCUT2D eigenvalue weighted by molar-refractivity contribution is -0.123. The Bertz CT molecular complexity index is 1100. The first-order chi connectivity index (χ1) is 16.5. The summed E-state index contributed by atoms with van der Waals surface area (Å²) in [6, 6.07) is 13.1. The number of hydrogen-bond donors (Lipinski definition) is 1. The van der Waals surface area contributed by atoms with Gasteiger partial charge in [-0.15, -0.1) is 10.2 Å². The van der Waals surface area contributed by atoms with Gasteiger partial charge in [-0.05, 0) is 61.3 Å². The van der Waals surface area contributed by atoms with Gasteiger partial charge in [-0.3, -0.25) is 9.78 Å². The predicted octanol–water partition coefficient (Wildman–Crippen LogP) is 4.72. The molecule has 0 saturated heterocycles. The zero-order valence-corrected chi connectivity index (χ0v) is 20.0. The van der Waals surface area contributed by atoms with Crippen LogP contribution in [0.4, 0.5) is 0 Å².